The Morgan fingerprint density at radius 1 is 0.686 bits per heavy atom. The van der Waals surface area contributed by atoms with E-state index >= 15 is 0 Å². The van der Waals surface area contributed by atoms with Crippen molar-refractivity contribution >= 4 is 11.9 Å². The second-order valence-electron chi connectivity index (χ2n) is 8.13. The van der Waals surface area contributed by atoms with Gasteiger partial charge in [-0.2, -0.15) is 0 Å². The van der Waals surface area contributed by atoms with Gasteiger partial charge >= 0.3 is 11.9 Å². The molecular weight excluding hydrogens is 444 g/mol. The average molecular weight is 477 g/mol. The van der Waals surface area contributed by atoms with Crippen LogP contribution in [0.2, 0.25) is 0 Å². The molecule has 0 aliphatic rings. The normalized spacial score (nSPS) is 10.1. The predicted molar refractivity (Wildman–Crippen MR) is 136 cm³/mol. The third-order valence-corrected chi connectivity index (χ3v) is 4.87. The van der Waals surface area contributed by atoms with Crippen molar-refractivity contribution in [2.24, 2.45) is 0 Å². The number of benzene rings is 2. The Morgan fingerprint density at radius 2 is 1.26 bits per heavy atom. The zero-order chi connectivity index (χ0) is 26.0. The number of hydrogen-bond donors (Lipinski definition) is 0. The van der Waals surface area contributed by atoms with Crippen LogP contribution in [0.15, 0.2) is 91.3 Å². The first-order valence-electron chi connectivity index (χ1n) is 11.1. The smallest absolute Gasteiger partial charge is 0.333 e. The molecule has 0 aliphatic carbocycles. The molecule has 0 bridgehead atoms. The summed E-state index contributed by atoms with van der Waals surface area (Å²) in [6.45, 7) is 20.6. The van der Waals surface area contributed by atoms with Crippen molar-refractivity contribution < 1.29 is 28.5 Å². The maximum Gasteiger partial charge on any atom is 0.333 e. The van der Waals surface area contributed by atoms with Crippen LogP contribution in [-0.2, 0) is 37.0 Å². The molecule has 184 valence electrons. The molecule has 0 unspecified atom stereocenters. The molecule has 0 spiro atoms. The van der Waals surface area contributed by atoms with Gasteiger partial charge in [-0.3, -0.25) is 0 Å². The summed E-state index contributed by atoms with van der Waals surface area (Å²) < 4.78 is 21.9. The predicted octanol–water partition coefficient (Wildman–Crippen LogP) is 6.08. The summed E-state index contributed by atoms with van der Waals surface area (Å²) in [5, 5.41) is 0. The summed E-state index contributed by atoms with van der Waals surface area (Å²) in [5.41, 5.74) is 4.85. The fourth-order valence-electron chi connectivity index (χ4n) is 2.78. The molecule has 2 aromatic carbocycles. The Labute approximate surface area is 207 Å². The number of hydrogen-bond acceptors (Lipinski definition) is 6. The Hall–Kier alpha value is -4.06. The van der Waals surface area contributed by atoms with Crippen LogP contribution >= 0.6 is 0 Å². The van der Waals surface area contributed by atoms with Crippen molar-refractivity contribution in [1.82, 2.24) is 0 Å². The Kier molecular flexibility index (Phi) is 10.1. The van der Waals surface area contributed by atoms with Gasteiger partial charge in [0, 0.05) is 16.7 Å². The van der Waals surface area contributed by atoms with Gasteiger partial charge in [-0.05, 0) is 55.2 Å². The molecule has 0 fully saturated rings. The highest BCUT2D eigenvalue weighted by Gasteiger charge is 2.12. The largest absolute Gasteiger partial charge is 0.490 e. The number of carbonyl (C=O) groups excluding carboxylic acids is 2. The quantitative estimate of drug-likeness (QED) is 0.115. The highest BCUT2D eigenvalue weighted by atomic mass is 16.5. The van der Waals surface area contributed by atoms with Crippen LogP contribution in [0.4, 0.5) is 0 Å². The molecule has 2 aromatic rings. The van der Waals surface area contributed by atoms with Gasteiger partial charge in [0.05, 0.1) is 0 Å². The molecule has 6 heteroatoms. The number of esters is 2. The lowest BCUT2D eigenvalue weighted by Gasteiger charge is -2.15. The van der Waals surface area contributed by atoms with Crippen molar-refractivity contribution in [2.75, 3.05) is 13.2 Å². The molecule has 0 radical (unpaired) electrons. The van der Waals surface area contributed by atoms with Gasteiger partial charge in [-0.15, -0.1) is 0 Å². The molecule has 0 heterocycles. The van der Waals surface area contributed by atoms with Crippen LogP contribution < -0.4 is 4.74 Å². The van der Waals surface area contributed by atoms with Gasteiger partial charge in [0.2, 0.25) is 0 Å². The van der Waals surface area contributed by atoms with Crippen LogP contribution in [0.3, 0.4) is 0 Å². The highest BCUT2D eigenvalue weighted by Crippen LogP contribution is 2.28. The lowest BCUT2D eigenvalue weighted by Crippen LogP contribution is -2.10. The van der Waals surface area contributed by atoms with E-state index < -0.39 is 11.9 Å². The third-order valence-electron chi connectivity index (χ3n) is 4.87. The average Bonchev–Trinajstić information content (AvgIpc) is 2.83. The fourth-order valence-corrected chi connectivity index (χ4v) is 2.78. The van der Waals surface area contributed by atoms with E-state index in [0.29, 0.717) is 34.8 Å². The topological polar surface area (TPSA) is 71.1 Å². The van der Waals surface area contributed by atoms with E-state index in [-0.39, 0.29) is 19.8 Å². The Balaban J connectivity index is 2.15. The van der Waals surface area contributed by atoms with Crippen LogP contribution in [0.25, 0.3) is 11.1 Å². The van der Waals surface area contributed by atoms with Crippen LogP contribution in [0.1, 0.15) is 31.9 Å². The maximum absolute atomic E-state index is 11.9. The second kappa shape index (κ2) is 13.0. The van der Waals surface area contributed by atoms with Gasteiger partial charge in [-0.1, -0.05) is 56.6 Å². The molecule has 0 amide bonds. The summed E-state index contributed by atoms with van der Waals surface area (Å²) >= 11 is 0. The van der Waals surface area contributed by atoms with Crippen LogP contribution in [0.5, 0.6) is 5.75 Å². The van der Waals surface area contributed by atoms with Gasteiger partial charge in [0.25, 0.3) is 0 Å². The van der Waals surface area contributed by atoms with Gasteiger partial charge in [-0.25, -0.2) is 9.59 Å². The summed E-state index contributed by atoms with van der Waals surface area (Å²) in [5.74, 6) is 0.192. The summed E-state index contributed by atoms with van der Waals surface area (Å²) in [6, 6.07) is 13.3. The third kappa shape index (κ3) is 8.66. The second-order valence-corrected chi connectivity index (χ2v) is 8.13. The lowest BCUT2D eigenvalue weighted by atomic mass is 10.0. The summed E-state index contributed by atoms with van der Waals surface area (Å²) in [6.07, 6.45) is 0. The molecule has 0 saturated carbocycles. The number of ether oxygens (including phenoxy) is 4. The van der Waals surface area contributed by atoms with E-state index in [9.17, 15) is 9.59 Å². The van der Waals surface area contributed by atoms with E-state index in [2.05, 4.69) is 26.3 Å². The van der Waals surface area contributed by atoms with E-state index in [1.807, 2.05) is 49.4 Å². The molecule has 0 N–H and O–H groups in total. The molecule has 0 aromatic heterocycles. The molecule has 0 saturated heterocycles. The first-order chi connectivity index (χ1) is 16.6. The number of carbonyl (C=O) groups is 2. The summed E-state index contributed by atoms with van der Waals surface area (Å²) in [4.78, 5) is 23.5. The fraction of sp³-hybridized carbons (Fsp3) is 0.241. The SMILES string of the molecule is C=C(C)C(=C)OCCOc1ccc(-c2ccc(COC(=O)C(=C)C)cc2)cc1COC(=O)C(=C)C. The minimum atomic E-state index is -0.476. The van der Waals surface area contributed by atoms with Crippen molar-refractivity contribution in [1.29, 1.82) is 0 Å². The highest BCUT2D eigenvalue weighted by molar-refractivity contribution is 5.87. The van der Waals surface area contributed by atoms with Gasteiger partial charge in [0.15, 0.2) is 0 Å². The first kappa shape index (κ1) is 27.2. The van der Waals surface area contributed by atoms with Crippen LogP contribution in [-0.4, -0.2) is 25.2 Å². The van der Waals surface area contributed by atoms with E-state index in [1.54, 1.807) is 13.8 Å². The Bertz CT molecular complexity index is 1120. The molecule has 0 aliphatic heterocycles. The molecule has 0 atom stereocenters. The number of rotatable bonds is 13. The minimum absolute atomic E-state index is 0.0309. The lowest BCUT2D eigenvalue weighted by molar-refractivity contribution is -0.141. The molecule has 35 heavy (non-hydrogen) atoms. The van der Waals surface area contributed by atoms with E-state index in [4.69, 9.17) is 18.9 Å². The van der Waals surface area contributed by atoms with Crippen molar-refractivity contribution in [3.05, 3.63) is 102 Å². The molecule has 6 nitrogen and oxygen atoms in total. The van der Waals surface area contributed by atoms with E-state index in [0.717, 1.165) is 22.3 Å². The number of allylic oxidation sites excluding steroid dienone is 1. The van der Waals surface area contributed by atoms with E-state index in [1.165, 1.54) is 0 Å². The van der Waals surface area contributed by atoms with Gasteiger partial charge < -0.3 is 18.9 Å². The monoisotopic (exact) mass is 476 g/mol. The maximum atomic E-state index is 11.9. The standard InChI is InChI=1S/C29H32O6/c1-19(2)22(7)32-14-15-33-27-13-12-25(16-26(27)18-35-29(31)21(5)6)24-10-8-23(9-11-24)17-34-28(30)20(3)4/h8-13,16H,1,3,5,7,14-15,17-18H2,2,4,6H3. The Morgan fingerprint density at radius 3 is 1.83 bits per heavy atom. The van der Waals surface area contributed by atoms with Crippen molar-refractivity contribution in [3.63, 3.8) is 0 Å². The zero-order valence-corrected chi connectivity index (χ0v) is 20.6. The molecule has 2 rings (SSSR count). The van der Waals surface area contributed by atoms with Crippen LogP contribution in [0, 0.1) is 0 Å². The van der Waals surface area contributed by atoms with Crippen molar-refractivity contribution in [3.8, 4) is 16.9 Å². The summed E-state index contributed by atoms with van der Waals surface area (Å²) in [7, 11) is 0. The minimum Gasteiger partial charge on any atom is -0.490 e. The molecular formula is C29H32O6. The van der Waals surface area contributed by atoms with Gasteiger partial charge in [0.1, 0.15) is 37.9 Å². The zero-order valence-electron chi connectivity index (χ0n) is 20.6. The first-order valence-corrected chi connectivity index (χ1v) is 11.1. The van der Waals surface area contributed by atoms with Crippen molar-refractivity contribution in [2.45, 2.75) is 34.0 Å².